The molecular formula is C22H28N6O4. The smallest absolute Gasteiger partial charge is 0.276 e. The minimum absolute atomic E-state index is 0.250. The van der Waals surface area contributed by atoms with Crippen LogP contribution in [0.5, 0.6) is 11.5 Å². The highest BCUT2D eigenvalue weighted by Gasteiger charge is 2.22. The van der Waals surface area contributed by atoms with E-state index in [1.54, 1.807) is 36.1 Å². The van der Waals surface area contributed by atoms with Crippen LogP contribution in [0.2, 0.25) is 0 Å². The molecule has 2 heterocycles. The van der Waals surface area contributed by atoms with Crippen molar-refractivity contribution in [2.45, 2.75) is 34.2 Å². The fourth-order valence-corrected chi connectivity index (χ4v) is 3.15. The van der Waals surface area contributed by atoms with Gasteiger partial charge in [0, 0.05) is 19.2 Å². The second-order valence-electron chi connectivity index (χ2n) is 6.93. The number of hydrogen-bond donors (Lipinski definition) is 2. The Kier molecular flexibility index (Phi) is 7.14. The molecule has 0 saturated carbocycles. The molecule has 0 bridgehead atoms. The molecule has 2 amide bonds. The number of ether oxygens (including phenoxy) is 2. The fourth-order valence-electron chi connectivity index (χ4n) is 3.15. The van der Waals surface area contributed by atoms with Gasteiger partial charge in [0.2, 0.25) is 0 Å². The summed E-state index contributed by atoms with van der Waals surface area (Å²) in [6, 6.07) is 4.95. The van der Waals surface area contributed by atoms with Crippen LogP contribution in [0.3, 0.4) is 0 Å². The van der Waals surface area contributed by atoms with Crippen molar-refractivity contribution in [1.29, 1.82) is 0 Å². The molecule has 0 aliphatic carbocycles. The van der Waals surface area contributed by atoms with Crippen molar-refractivity contribution in [2.75, 3.05) is 23.8 Å². The summed E-state index contributed by atoms with van der Waals surface area (Å²) in [5.41, 5.74) is 2.33. The van der Waals surface area contributed by atoms with Gasteiger partial charge >= 0.3 is 0 Å². The van der Waals surface area contributed by atoms with Gasteiger partial charge in [-0.05, 0) is 45.9 Å². The lowest BCUT2D eigenvalue weighted by Crippen LogP contribution is -2.21. The summed E-state index contributed by atoms with van der Waals surface area (Å²) in [5.74, 6) is 0.265. The zero-order valence-electron chi connectivity index (χ0n) is 18.9. The van der Waals surface area contributed by atoms with Crippen LogP contribution < -0.4 is 20.1 Å². The normalized spacial score (nSPS) is 10.7. The van der Waals surface area contributed by atoms with E-state index >= 15 is 0 Å². The maximum Gasteiger partial charge on any atom is 0.276 e. The molecule has 0 saturated heterocycles. The number of carbonyl (C=O) groups excluding carboxylic acids is 2. The fraction of sp³-hybridized carbons (Fsp3) is 0.364. The molecule has 2 N–H and O–H groups in total. The predicted octanol–water partition coefficient (Wildman–Crippen LogP) is 3.25. The molecule has 2 aromatic heterocycles. The third kappa shape index (κ3) is 4.74. The molecule has 0 spiro atoms. The van der Waals surface area contributed by atoms with Crippen molar-refractivity contribution < 1.29 is 19.1 Å². The molecule has 1 aromatic carbocycles. The molecule has 0 aliphatic heterocycles. The molecule has 32 heavy (non-hydrogen) atoms. The van der Waals surface area contributed by atoms with Gasteiger partial charge in [-0.1, -0.05) is 0 Å². The summed E-state index contributed by atoms with van der Waals surface area (Å²) < 4.78 is 14.3. The van der Waals surface area contributed by atoms with Crippen LogP contribution in [0.15, 0.2) is 30.6 Å². The van der Waals surface area contributed by atoms with Gasteiger partial charge in [-0.15, -0.1) is 0 Å². The molecule has 3 rings (SSSR count). The highest BCUT2D eigenvalue weighted by atomic mass is 16.5. The number of aryl methyl sites for hydroxylation is 2. The molecule has 10 heteroatoms. The molecule has 0 aliphatic rings. The number of nitrogens with zero attached hydrogens (tertiary/aromatic N) is 4. The Morgan fingerprint density at radius 3 is 2.22 bits per heavy atom. The van der Waals surface area contributed by atoms with Crippen molar-refractivity contribution in [3.8, 4) is 11.5 Å². The van der Waals surface area contributed by atoms with E-state index in [4.69, 9.17) is 9.47 Å². The van der Waals surface area contributed by atoms with Crippen LogP contribution >= 0.6 is 0 Å². The number of benzene rings is 1. The summed E-state index contributed by atoms with van der Waals surface area (Å²) in [6.45, 7) is 8.83. The van der Waals surface area contributed by atoms with Gasteiger partial charge in [0.15, 0.2) is 11.5 Å². The molecule has 0 unspecified atom stereocenters. The lowest BCUT2D eigenvalue weighted by Gasteiger charge is -2.13. The van der Waals surface area contributed by atoms with Crippen LogP contribution in [-0.4, -0.2) is 44.6 Å². The lowest BCUT2D eigenvalue weighted by atomic mass is 10.1. The second-order valence-corrected chi connectivity index (χ2v) is 6.93. The summed E-state index contributed by atoms with van der Waals surface area (Å²) in [7, 11) is 1.79. The Morgan fingerprint density at radius 1 is 0.938 bits per heavy atom. The Balaban J connectivity index is 1.85. The number of hydrogen-bond acceptors (Lipinski definition) is 6. The molecule has 0 fully saturated rings. The summed E-state index contributed by atoms with van der Waals surface area (Å²) >= 11 is 0. The summed E-state index contributed by atoms with van der Waals surface area (Å²) in [6.07, 6.45) is 3.04. The highest BCUT2D eigenvalue weighted by Crippen LogP contribution is 2.29. The Bertz CT molecular complexity index is 1120. The van der Waals surface area contributed by atoms with Gasteiger partial charge in [-0.2, -0.15) is 10.2 Å². The topological polar surface area (TPSA) is 112 Å². The third-order valence-corrected chi connectivity index (χ3v) is 4.89. The van der Waals surface area contributed by atoms with Crippen molar-refractivity contribution >= 4 is 23.2 Å². The van der Waals surface area contributed by atoms with E-state index in [0.29, 0.717) is 48.2 Å². The molecule has 170 valence electrons. The molecule has 3 aromatic rings. The average Bonchev–Trinajstić information content (AvgIpc) is 3.33. The second kappa shape index (κ2) is 9.99. The maximum absolute atomic E-state index is 13.0. The van der Waals surface area contributed by atoms with Crippen molar-refractivity contribution in [2.24, 2.45) is 7.05 Å². The summed E-state index contributed by atoms with van der Waals surface area (Å²) in [5, 5.41) is 14.0. The zero-order chi connectivity index (χ0) is 23.3. The van der Waals surface area contributed by atoms with Gasteiger partial charge in [0.25, 0.3) is 11.8 Å². The van der Waals surface area contributed by atoms with E-state index in [1.807, 2.05) is 27.7 Å². The van der Waals surface area contributed by atoms with Crippen LogP contribution in [0.4, 0.5) is 11.4 Å². The van der Waals surface area contributed by atoms with Gasteiger partial charge in [-0.25, -0.2) is 0 Å². The molecular weight excluding hydrogens is 412 g/mol. The standard InChI is InChI=1S/C22H28N6O4/c1-6-28-20(22(30)25-16-12-23-27(5)14(16)4)17(13-24-28)26-21(29)15-9-10-18(31-7-2)19(11-15)32-8-3/h9-13H,6-8H2,1-5H3,(H,25,30)(H,26,29). The minimum atomic E-state index is -0.392. The first-order valence-corrected chi connectivity index (χ1v) is 10.5. The monoisotopic (exact) mass is 440 g/mol. The first kappa shape index (κ1) is 22.9. The molecule has 0 atom stereocenters. The van der Waals surface area contributed by atoms with E-state index in [0.717, 1.165) is 5.69 Å². The third-order valence-electron chi connectivity index (χ3n) is 4.89. The maximum atomic E-state index is 13.0. The van der Waals surface area contributed by atoms with Crippen molar-refractivity contribution in [3.63, 3.8) is 0 Å². The average molecular weight is 441 g/mol. The van der Waals surface area contributed by atoms with Crippen molar-refractivity contribution in [1.82, 2.24) is 19.6 Å². The predicted molar refractivity (Wildman–Crippen MR) is 121 cm³/mol. The largest absolute Gasteiger partial charge is 0.490 e. The van der Waals surface area contributed by atoms with E-state index < -0.39 is 11.8 Å². The number of carbonyl (C=O) groups is 2. The first-order valence-electron chi connectivity index (χ1n) is 10.5. The number of aromatic nitrogens is 4. The van der Waals surface area contributed by atoms with Crippen LogP contribution in [0, 0.1) is 6.92 Å². The molecule has 0 radical (unpaired) electrons. The first-order chi connectivity index (χ1) is 15.4. The lowest BCUT2D eigenvalue weighted by molar-refractivity contribution is 0.101. The number of rotatable bonds is 9. The quantitative estimate of drug-likeness (QED) is 0.528. The SMILES string of the molecule is CCOc1ccc(C(=O)Nc2cnn(CC)c2C(=O)Nc2cnn(C)c2C)cc1OCC. The molecule has 10 nitrogen and oxygen atoms in total. The van der Waals surface area contributed by atoms with E-state index in [1.165, 1.54) is 10.9 Å². The number of amides is 2. The van der Waals surface area contributed by atoms with E-state index in [9.17, 15) is 9.59 Å². The van der Waals surface area contributed by atoms with Gasteiger partial charge in [0.1, 0.15) is 5.69 Å². The van der Waals surface area contributed by atoms with Crippen LogP contribution in [0.25, 0.3) is 0 Å². The number of nitrogens with one attached hydrogen (secondary N) is 2. The van der Waals surface area contributed by atoms with Gasteiger partial charge < -0.3 is 20.1 Å². The van der Waals surface area contributed by atoms with Gasteiger partial charge in [-0.3, -0.25) is 19.0 Å². The summed E-state index contributed by atoms with van der Waals surface area (Å²) in [4.78, 5) is 26.0. The van der Waals surface area contributed by atoms with Crippen LogP contribution in [0.1, 0.15) is 47.3 Å². The zero-order valence-corrected chi connectivity index (χ0v) is 18.9. The van der Waals surface area contributed by atoms with E-state index in [-0.39, 0.29) is 5.69 Å². The van der Waals surface area contributed by atoms with Gasteiger partial charge in [0.05, 0.1) is 42.7 Å². The highest BCUT2D eigenvalue weighted by molar-refractivity contribution is 6.11. The Hall–Kier alpha value is -3.82. The van der Waals surface area contributed by atoms with Crippen LogP contribution in [-0.2, 0) is 13.6 Å². The Morgan fingerprint density at radius 2 is 1.59 bits per heavy atom. The minimum Gasteiger partial charge on any atom is -0.490 e. The van der Waals surface area contributed by atoms with E-state index in [2.05, 4.69) is 20.8 Å². The number of anilines is 2. The van der Waals surface area contributed by atoms with Crippen molar-refractivity contribution in [3.05, 3.63) is 47.5 Å². The Labute approximate surface area is 186 Å².